The first kappa shape index (κ1) is 23.1. The summed E-state index contributed by atoms with van der Waals surface area (Å²) in [4.78, 5) is 23.4. The van der Waals surface area contributed by atoms with Crippen LogP contribution in [-0.4, -0.2) is 47.7 Å². The first-order chi connectivity index (χ1) is 14.5. The second-order valence-electron chi connectivity index (χ2n) is 7.05. The van der Waals surface area contributed by atoms with Crippen LogP contribution in [-0.2, 0) is 4.79 Å². The number of nitrogens with zero attached hydrogens (tertiary/aromatic N) is 3. The van der Waals surface area contributed by atoms with Crippen LogP contribution in [0.25, 0.3) is 10.2 Å². The molecule has 3 aromatic rings. The molecule has 2 aromatic carbocycles. The predicted molar refractivity (Wildman–Crippen MR) is 131 cm³/mol. The van der Waals surface area contributed by atoms with Gasteiger partial charge in [-0.25, -0.2) is 4.98 Å². The van der Waals surface area contributed by atoms with E-state index in [2.05, 4.69) is 30.9 Å². The van der Waals surface area contributed by atoms with Crippen molar-refractivity contribution in [2.75, 3.05) is 36.8 Å². The molecule has 30 heavy (non-hydrogen) atoms. The van der Waals surface area contributed by atoms with Crippen LogP contribution in [0, 0.1) is 6.92 Å². The first-order valence-electron chi connectivity index (χ1n) is 10.3. The van der Waals surface area contributed by atoms with Crippen LogP contribution in [0.4, 0.5) is 5.13 Å². The summed E-state index contributed by atoms with van der Waals surface area (Å²) in [5.41, 5.74) is 1.97. The van der Waals surface area contributed by atoms with Gasteiger partial charge >= 0.3 is 0 Å². The van der Waals surface area contributed by atoms with Gasteiger partial charge in [0.1, 0.15) is 0 Å². The molecule has 0 aliphatic heterocycles. The van der Waals surface area contributed by atoms with E-state index in [4.69, 9.17) is 16.6 Å². The van der Waals surface area contributed by atoms with Crippen LogP contribution in [0.1, 0.15) is 25.8 Å². The van der Waals surface area contributed by atoms with Gasteiger partial charge in [0, 0.05) is 35.2 Å². The van der Waals surface area contributed by atoms with Crippen molar-refractivity contribution in [2.24, 2.45) is 0 Å². The van der Waals surface area contributed by atoms with E-state index in [1.54, 1.807) is 23.1 Å². The molecule has 0 spiro atoms. The van der Waals surface area contributed by atoms with E-state index < -0.39 is 0 Å². The maximum absolute atomic E-state index is 13.2. The Morgan fingerprint density at radius 2 is 1.87 bits per heavy atom. The molecule has 0 radical (unpaired) electrons. The first-order valence-corrected chi connectivity index (χ1v) is 12.5. The number of anilines is 1. The van der Waals surface area contributed by atoms with Crippen LogP contribution in [0.15, 0.2) is 47.4 Å². The topological polar surface area (TPSA) is 36.4 Å². The lowest BCUT2D eigenvalue weighted by Gasteiger charge is -2.24. The van der Waals surface area contributed by atoms with Gasteiger partial charge in [0.25, 0.3) is 0 Å². The molecule has 4 nitrogen and oxygen atoms in total. The highest BCUT2D eigenvalue weighted by Gasteiger charge is 2.21. The lowest BCUT2D eigenvalue weighted by molar-refractivity contribution is -0.118. The van der Waals surface area contributed by atoms with E-state index in [-0.39, 0.29) is 5.91 Å². The molecule has 0 saturated carbocycles. The third kappa shape index (κ3) is 5.97. The van der Waals surface area contributed by atoms with Gasteiger partial charge in [-0.05, 0) is 49.8 Å². The second kappa shape index (κ2) is 11.1. The molecule has 0 N–H and O–H groups in total. The average Bonchev–Trinajstić information content (AvgIpc) is 3.16. The third-order valence-electron chi connectivity index (χ3n) is 5.03. The number of likely N-dealkylation sites (N-methyl/N-ethyl adjacent to an activating group) is 1. The predicted octanol–water partition coefficient (Wildman–Crippen LogP) is 6.12. The Kier molecular flexibility index (Phi) is 8.57. The number of aromatic nitrogens is 1. The van der Waals surface area contributed by atoms with Gasteiger partial charge in [-0.1, -0.05) is 55.0 Å². The van der Waals surface area contributed by atoms with Gasteiger partial charge in [-0.15, -0.1) is 11.8 Å². The van der Waals surface area contributed by atoms with Gasteiger partial charge in [-0.3, -0.25) is 9.69 Å². The van der Waals surface area contributed by atoms with Gasteiger partial charge in [0.2, 0.25) is 5.91 Å². The van der Waals surface area contributed by atoms with Crippen molar-refractivity contribution in [3.8, 4) is 0 Å². The van der Waals surface area contributed by atoms with Gasteiger partial charge in [0.15, 0.2) is 5.13 Å². The smallest absolute Gasteiger partial charge is 0.229 e. The Labute approximate surface area is 192 Å². The zero-order chi connectivity index (χ0) is 21.5. The maximum Gasteiger partial charge on any atom is 0.229 e. The Morgan fingerprint density at radius 1 is 1.13 bits per heavy atom. The van der Waals surface area contributed by atoms with E-state index >= 15 is 0 Å². The van der Waals surface area contributed by atoms with Gasteiger partial charge in [-0.2, -0.15) is 0 Å². The molecular weight excluding hydrogens is 434 g/mol. The Balaban J connectivity index is 1.77. The van der Waals surface area contributed by atoms with E-state index in [9.17, 15) is 4.79 Å². The van der Waals surface area contributed by atoms with Crippen LogP contribution < -0.4 is 4.90 Å². The fourth-order valence-corrected chi connectivity index (χ4v) is 5.60. The maximum atomic E-state index is 13.2. The third-order valence-corrected chi connectivity index (χ3v) is 7.29. The number of amides is 1. The number of carbonyl (C=O) groups excluding carboxylic acids is 1. The molecule has 0 aliphatic rings. The van der Waals surface area contributed by atoms with Crippen LogP contribution >= 0.6 is 34.7 Å². The van der Waals surface area contributed by atoms with E-state index in [0.29, 0.717) is 18.0 Å². The molecule has 1 aromatic heterocycles. The number of aryl methyl sites for hydroxylation is 1. The molecule has 1 amide bonds. The Bertz CT molecular complexity index is 973. The molecular formula is C23H28ClN3OS2. The quantitative estimate of drug-likeness (QED) is 0.341. The summed E-state index contributed by atoms with van der Waals surface area (Å²) in [5, 5.41) is 1.47. The molecule has 0 unspecified atom stereocenters. The minimum atomic E-state index is 0.119. The SMILES string of the molecule is CCN(CC)CCN(C(=O)CCSc1ccccc1)c1nc2c(C)cc(Cl)cc2s1. The second-order valence-corrected chi connectivity index (χ2v) is 9.66. The number of fused-ring (bicyclic) bond motifs is 1. The monoisotopic (exact) mass is 461 g/mol. The highest BCUT2D eigenvalue weighted by Crippen LogP contribution is 2.33. The Morgan fingerprint density at radius 3 is 2.57 bits per heavy atom. The van der Waals surface area contributed by atoms with Crippen molar-refractivity contribution in [1.82, 2.24) is 9.88 Å². The molecule has 0 saturated heterocycles. The number of hydrogen-bond donors (Lipinski definition) is 0. The fraction of sp³-hybridized carbons (Fsp3) is 0.391. The van der Waals surface area contributed by atoms with Crippen molar-refractivity contribution in [3.63, 3.8) is 0 Å². The fourth-order valence-electron chi connectivity index (χ4n) is 3.27. The average molecular weight is 462 g/mol. The molecule has 1 heterocycles. The number of hydrogen-bond acceptors (Lipinski definition) is 5. The lowest BCUT2D eigenvalue weighted by Crippen LogP contribution is -2.39. The molecule has 0 fully saturated rings. The minimum Gasteiger partial charge on any atom is -0.302 e. The van der Waals surface area contributed by atoms with E-state index in [0.717, 1.165) is 46.3 Å². The largest absolute Gasteiger partial charge is 0.302 e. The van der Waals surface area contributed by atoms with E-state index in [1.807, 2.05) is 42.2 Å². The number of carbonyl (C=O) groups is 1. The summed E-state index contributed by atoms with van der Waals surface area (Å²) in [6, 6.07) is 14.1. The van der Waals surface area contributed by atoms with Crippen molar-refractivity contribution >= 4 is 56.0 Å². The summed E-state index contributed by atoms with van der Waals surface area (Å²) >= 11 is 9.49. The summed E-state index contributed by atoms with van der Waals surface area (Å²) in [6.45, 7) is 9.72. The lowest BCUT2D eigenvalue weighted by atomic mass is 10.2. The molecule has 0 atom stereocenters. The van der Waals surface area contributed by atoms with Crippen LogP contribution in [0.5, 0.6) is 0 Å². The Hall–Kier alpha value is -1.60. The molecule has 0 aliphatic carbocycles. The van der Waals surface area contributed by atoms with Crippen LogP contribution in [0.2, 0.25) is 5.02 Å². The summed E-state index contributed by atoms with van der Waals surface area (Å²) in [5.74, 6) is 0.869. The molecule has 160 valence electrons. The van der Waals surface area contributed by atoms with Crippen molar-refractivity contribution < 1.29 is 4.79 Å². The number of thiazole rings is 1. The highest BCUT2D eigenvalue weighted by atomic mass is 35.5. The zero-order valence-corrected chi connectivity index (χ0v) is 20.1. The van der Waals surface area contributed by atoms with Crippen molar-refractivity contribution in [1.29, 1.82) is 0 Å². The summed E-state index contributed by atoms with van der Waals surface area (Å²) in [6.07, 6.45) is 0.480. The summed E-state index contributed by atoms with van der Waals surface area (Å²) in [7, 11) is 0. The highest BCUT2D eigenvalue weighted by molar-refractivity contribution is 7.99. The molecule has 0 bridgehead atoms. The van der Waals surface area contributed by atoms with Crippen molar-refractivity contribution in [2.45, 2.75) is 32.1 Å². The number of rotatable bonds is 10. The number of halogens is 1. The zero-order valence-electron chi connectivity index (χ0n) is 17.7. The number of thioether (sulfide) groups is 1. The van der Waals surface area contributed by atoms with Gasteiger partial charge < -0.3 is 4.90 Å². The molecule has 7 heteroatoms. The minimum absolute atomic E-state index is 0.119. The van der Waals surface area contributed by atoms with Crippen molar-refractivity contribution in [3.05, 3.63) is 53.1 Å². The van der Waals surface area contributed by atoms with Crippen LogP contribution in [0.3, 0.4) is 0 Å². The van der Waals surface area contributed by atoms with Gasteiger partial charge in [0.05, 0.1) is 10.2 Å². The number of benzene rings is 2. The normalized spacial score (nSPS) is 11.4. The van der Waals surface area contributed by atoms with E-state index in [1.165, 1.54) is 4.90 Å². The summed E-state index contributed by atoms with van der Waals surface area (Å²) < 4.78 is 1.02. The molecule has 3 rings (SSSR count). The standard InChI is InChI=1S/C23H28ClN3OS2/c1-4-26(5-2)12-13-27(21(28)11-14-29-19-9-7-6-8-10-19)23-25-22-17(3)15-18(24)16-20(22)30-23/h6-10,15-16H,4-5,11-14H2,1-3H3.